The van der Waals surface area contributed by atoms with Crippen LogP contribution in [0.15, 0.2) is 12.1 Å². The van der Waals surface area contributed by atoms with E-state index in [1.807, 2.05) is 19.1 Å². The van der Waals surface area contributed by atoms with E-state index in [1.165, 1.54) is 0 Å². The highest BCUT2D eigenvalue weighted by Crippen LogP contribution is 2.30. The van der Waals surface area contributed by atoms with Crippen molar-refractivity contribution in [1.29, 1.82) is 0 Å². The number of nitrogens with one attached hydrogen (secondary N) is 1. The quantitative estimate of drug-likeness (QED) is 0.688. The molecule has 2 rings (SSSR count). The zero-order valence-electron chi connectivity index (χ0n) is 7.56. The predicted molar refractivity (Wildman–Crippen MR) is 53.4 cm³/mol. The first-order chi connectivity index (χ1) is 6.29. The lowest BCUT2D eigenvalue weighted by atomic mass is 10.1. The highest BCUT2D eigenvalue weighted by atomic mass is 35.5. The lowest BCUT2D eigenvalue weighted by Gasteiger charge is -2.10. The third-order valence-electron chi connectivity index (χ3n) is 2.23. The number of halogens is 1. The summed E-state index contributed by atoms with van der Waals surface area (Å²) in [6, 6.07) is 3.92. The maximum absolute atomic E-state index is 6.07. The van der Waals surface area contributed by atoms with Crippen LogP contribution in [0.5, 0.6) is 5.75 Å². The zero-order valence-corrected chi connectivity index (χ0v) is 8.32. The van der Waals surface area contributed by atoms with Crippen LogP contribution in [-0.4, -0.2) is 13.2 Å². The third kappa shape index (κ3) is 1.64. The summed E-state index contributed by atoms with van der Waals surface area (Å²) < 4.78 is 5.61. The molecule has 0 amide bonds. The van der Waals surface area contributed by atoms with Crippen LogP contribution in [0.2, 0.25) is 5.02 Å². The summed E-state index contributed by atoms with van der Waals surface area (Å²) in [6.45, 7) is 4.44. The maximum atomic E-state index is 6.07. The molecule has 0 unspecified atom stereocenters. The van der Waals surface area contributed by atoms with Crippen LogP contribution in [0.25, 0.3) is 0 Å². The van der Waals surface area contributed by atoms with Crippen LogP contribution < -0.4 is 10.1 Å². The fourth-order valence-corrected chi connectivity index (χ4v) is 1.74. The maximum Gasteiger partial charge on any atom is 0.128 e. The van der Waals surface area contributed by atoms with E-state index in [0.29, 0.717) is 6.61 Å². The molecule has 70 valence electrons. The number of hydrogen-bond acceptors (Lipinski definition) is 2. The van der Waals surface area contributed by atoms with E-state index >= 15 is 0 Å². The Kier molecular flexibility index (Phi) is 2.42. The molecule has 0 atom stereocenters. The molecule has 13 heavy (non-hydrogen) atoms. The topological polar surface area (TPSA) is 21.3 Å². The van der Waals surface area contributed by atoms with Crippen molar-refractivity contribution in [3.8, 4) is 5.75 Å². The molecule has 0 saturated carbocycles. The number of ether oxygens (including phenoxy) is 1. The van der Waals surface area contributed by atoms with Gasteiger partial charge in [-0.05, 0) is 18.6 Å². The third-order valence-corrected chi connectivity index (χ3v) is 2.58. The molecular formula is C10H12ClNO. The van der Waals surface area contributed by atoms with Gasteiger partial charge in [-0.15, -0.1) is 0 Å². The van der Waals surface area contributed by atoms with Gasteiger partial charge in [0.25, 0.3) is 0 Å². The Morgan fingerprint density at radius 2 is 2.31 bits per heavy atom. The van der Waals surface area contributed by atoms with Gasteiger partial charge in [0.15, 0.2) is 0 Å². The van der Waals surface area contributed by atoms with Crippen LogP contribution in [0.3, 0.4) is 0 Å². The van der Waals surface area contributed by atoms with Crippen LogP contribution in [0, 0.1) is 6.92 Å². The summed E-state index contributed by atoms with van der Waals surface area (Å²) in [5, 5.41) is 4.05. The molecule has 1 aromatic carbocycles. The highest BCUT2D eigenvalue weighted by Gasteiger charge is 2.13. The van der Waals surface area contributed by atoms with Gasteiger partial charge in [-0.2, -0.15) is 0 Å². The molecular weight excluding hydrogens is 186 g/mol. The Hall–Kier alpha value is -0.730. The van der Waals surface area contributed by atoms with Gasteiger partial charge in [-0.1, -0.05) is 17.7 Å². The van der Waals surface area contributed by atoms with Gasteiger partial charge >= 0.3 is 0 Å². The Labute approximate surface area is 82.9 Å². The highest BCUT2D eigenvalue weighted by molar-refractivity contribution is 6.31. The minimum absolute atomic E-state index is 0.716. The largest absolute Gasteiger partial charge is 0.492 e. The van der Waals surface area contributed by atoms with Crippen molar-refractivity contribution >= 4 is 11.6 Å². The first kappa shape index (κ1) is 8.85. The standard InChI is InChI=1S/C10H12ClNO/c1-7-2-3-9(11)8-6-12-4-5-13-10(7)8/h2-3,12H,4-6H2,1H3. The lowest BCUT2D eigenvalue weighted by Crippen LogP contribution is -2.16. The zero-order chi connectivity index (χ0) is 9.26. The van der Waals surface area contributed by atoms with E-state index in [4.69, 9.17) is 16.3 Å². The van der Waals surface area contributed by atoms with Gasteiger partial charge < -0.3 is 10.1 Å². The fraction of sp³-hybridized carbons (Fsp3) is 0.400. The van der Waals surface area contributed by atoms with Crippen molar-refractivity contribution in [2.45, 2.75) is 13.5 Å². The van der Waals surface area contributed by atoms with Gasteiger partial charge in [-0.25, -0.2) is 0 Å². The number of fused-ring (bicyclic) bond motifs is 1. The van der Waals surface area contributed by atoms with Crippen LogP contribution in [0.1, 0.15) is 11.1 Å². The predicted octanol–water partition coefficient (Wildman–Crippen LogP) is 2.13. The summed E-state index contributed by atoms with van der Waals surface area (Å²) in [4.78, 5) is 0. The van der Waals surface area contributed by atoms with Crippen molar-refractivity contribution in [3.05, 3.63) is 28.3 Å². The molecule has 0 saturated heterocycles. The first-order valence-electron chi connectivity index (χ1n) is 4.40. The Balaban J connectivity index is 2.50. The van der Waals surface area contributed by atoms with E-state index in [2.05, 4.69) is 5.32 Å². The summed E-state index contributed by atoms with van der Waals surface area (Å²) >= 11 is 6.07. The molecule has 1 heterocycles. The average Bonchev–Trinajstić information content (AvgIpc) is 2.37. The fourth-order valence-electron chi connectivity index (χ4n) is 1.53. The van der Waals surface area contributed by atoms with Crippen molar-refractivity contribution in [1.82, 2.24) is 5.32 Å². The van der Waals surface area contributed by atoms with Gasteiger partial charge in [0.1, 0.15) is 12.4 Å². The number of hydrogen-bond donors (Lipinski definition) is 1. The number of aryl methyl sites for hydroxylation is 1. The lowest BCUT2D eigenvalue weighted by molar-refractivity contribution is 0.323. The molecule has 0 radical (unpaired) electrons. The summed E-state index contributed by atoms with van der Waals surface area (Å²) in [5.74, 6) is 0.956. The summed E-state index contributed by atoms with van der Waals surface area (Å²) in [7, 11) is 0. The molecule has 3 heteroatoms. The van der Waals surface area contributed by atoms with Crippen molar-refractivity contribution in [2.24, 2.45) is 0 Å². The van der Waals surface area contributed by atoms with E-state index in [1.54, 1.807) is 0 Å². The monoisotopic (exact) mass is 197 g/mol. The molecule has 0 spiro atoms. The minimum Gasteiger partial charge on any atom is -0.492 e. The Morgan fingerprint density at radius 1 is 1.46 bits per heavy atom. The molecule has 1 aliphatic rings. The molecule has 1 aliphatic heterocycles. The van der Waals surface area contributed by atoms with Crippen LogP contribution in [0.4, 0.5) is 0 Å². The average molecular weight is 198 g/mol. The van der Waals surface area contributed by atoms with Crippen molar-refractivity contribution < 1.29 is 4.74 Å². The molecule has 0 bridgehead atoms. The second-order valence-corrected chi connectivity index (χ2v) is 3.60. The van der Waals surface area contributed by atoms with Gasteiger partial charge in [0, 0.05) is 23.7 Å². The van der Waals surface area contributed by atoms with E-state index in [0.717, 1.165) is 35.0 Å². The second kappa shape index (κ2) is 3.56. The van der Waals surface area contributed by atoms with Gasteiger partial charge in [0.2, 0.25) is 0 Å². The van der Waals surface area contributed by atoms with E-state index in [9.17, 15) is 0 Å². The molecule has 0 aliphatic carbocycles. The molecule has 2 nitrogen and oxygen atoms in total. The number of benzene rings is 1. The molecule has 0 fully saturated rings. The van der Waals surface area contributed by atoms with Crippen LogP contribution >= 0.6 is 11.6 Å². The van der Waals surface area contributed by atoms with Crippen LogP contribution in [-0.2, 0) is 6.54 Å². The molecule has 0 aromatic heterocycles. The second-order valence-electron chi connectivity index (χ2n) is 3.20. The Morgan fingerprint density at radius 3 is 3.15 bits per heavy atom. The van der Waals surface area contributed by atoms with E-state index < -0.39 is 0 Å². The normalized spacial score (nSPS) is 15.8. The summed E-state index contributed by atoms with van der Waals surface area (Å²) in [6.07, 6.45) is 0. The molecule has 1 N–H and O–H groups in total. The number of rotatable bonds is 0. The van der Waals surface area contributed by atoms with Crippen molar-refractivity contribution in [2.75, 3.05) is 13.2 Å². The van der Waals surface area contributed by atoms with Gasteiger partial charge in [-0.3, -0.25) is 0 Å². The SMILES string of the molecule is Cc1ccc(Cl)c2c1OCCNC2. The summed E-state index contributed by atoms with van der Waals surface area (Å²) in [5.41, 5.74) is 2.24. The Bertz CT molecular complexity index is 294. The van der Waals surface area contributed by atoms with E-state index in [-0.39, 0.29) is 0 Å². The minimum atomic E-state index is 0.716. The van der Waals surface area contributed by atoms with Gasteiger partial charge in [0.05, 0.1) is 0 Å². The first-order valence-corrected chi connectivity index (χ1v) is 4.78. The molecule has 1 aromatic rings. The van der Waals surface area contributed by atoms with Crippen molar-refractivity contribution in [3.63, 3.8) is 0 Å². The smallest absolute Gasteiger partial charge is 0.128 e.